The number of fused-ring (bicyclic) bond motifs is 1. The summed E-state index contributed by atoms with van der Waals surface area (Å²) < 4.78 is 1.90. The molecule has 0 radical (unpaired) electrons. The smallest absolute Gasteiger partial charge is 0.251 e. The second-order valence-electron chi connectivity index (χ2n) is 7.95. The molecule has 1 aliphatic rings. The highest BCUT2D eigenvalue weighted by molar-refractivity contribution is 5.94. The number of carbonyl (C=O) groups excluding carboxylic acids is 1. The Labute approximate surface area is 166 Å². The highest BCUT2D eigenvalue weighted by Gasteiger charge is 2.21. The van der Waals surface area contributed by atoms with E-state index in [1.165, 1.54) is 0 Å². The number of piperidine rings is 1. The fraction of sp³-hybridized carbons (Fsp3) is 0.391. The fourth-order valence-corrected chi connectivity index (χ4v) is 3.94. The summed E-state index contributed by atoms with van der Waals surface area (Å²) >= 11 is 0. The van der Waals surface area contributed by atoms with Gasteiger partial charge in [-0.25, -0.2) is 4.68 Å². The molecule has 1 amide bonds. The van der Waals surface area contributed by atoms with Crippen LogP contribution in [-0.4, -0.2) is 46.3 Å². The lowest BCUT2D eigenvalue weighted by atomic mass is 9.96. The Kier molecular flexibility index (Phi) is 5.44. The maximum atomic E-state index is 12.5. The lowest BCUT2D eigenvalue weighted by Crippen LogP contribution is -2.41. The number of likely N-dealkylation sites (tertiary alicyclic amines) is 1. The van der Waals surface area contributed by atoms with Crippen LogP contribution in [0.25, 0.3) is 16.6 Å². The van der Waals surface area contributed by atoms with E-state index >= 15 is 0 Å². The molecule has 5 heteroatoms. The molecule has 0 atom stereocenters. The van der Waals surface area contributed by atoms with Crippen LogP contribution >= 0.6 is 0 Å². The number of nitrogens with one attached hydrogen (secondary N) is 1. The van der Waals surface area contributed by atoms with Crippen LogP contribution in [0, 0.1) is 5.92 Å². The van der Waals surface area contributed by atoms with Crippen LogP contribution in [0.5, 0.6) is 0 Å². The molecule has 1 aliphatic heterocycles. The Morgan fingerprint density at radius 3 is 2.54 bits per heavy atom. The van der Waals surface area contributed by atoms with Crippen molar-refractivity contribution in [1.82, 2.24) is 20.0 Å². The fourth-order valence-electron chi connectivity index (χ4n) is 3.94. The molecule has 1 fully saturated rings. The zero-order chi connectivity index (χ0) is 19.5. The predicted octanol–water partition coefficient (Wildman–Crippen LogP) is 3.88. The van der Waals surface area contributed by atoms with Crippen molar-refractivity contribution in [2.45, 2.75) is 32.7 Å². The second-order valence-corrected chi connectivity index (χ2v) is 7.95. The molecule has 0 bridgehead atoms. The first kappa shape index (κ1) is 18.7. The van der Waals surface area contributed by atoms with Gasteiger partial charge < -0.3 is 10.2 Å². The number of rotatable bonds is 5. The van der Waals surface area contributed by atoms with E-state index in [-0.39, 0.29) is 5.91 Å². The van der Waals surface area contributed by atoms with Gasteiger partial charge >= 0.3 is 0 Å². The maximum absolute atomic E-state index is 12.5. The second kappa shape index (κ2) is 8.15. The molecule has 1 aromatic heterocycles. The largest absolute Gasteiger partial charge is 0.352 e. The molecule has 0 aliphatic carbocycles. The number of para-hydroxylation sites is 1. The van der Waals surface area contributed by atoms with Gasteiger partial charge in [-0.1, -0.05) is 18.2 Å². The van der Waals surface area contributed by atoms with E-state index < -0.39 is 0 Å². The van der Waals surface area contributed by atoms with Crippen molar-refractivity contribution in [3.63, 3.8) is 0 Å². The van der Waals surface area contributed by atoms with Gasteiger partial charge in [0.05, 0.1) is 17.4 Å². The summed E-state index contributed by atoms with van der Waals surface area (Å²) in [6, 6.07) is 16.4. The molecule has 146 valence electrons. The van der Waals surface area contributed by atoms with Crippen LogP contribution in [0.1, 0.15) is 37.0 Å². The maximum Gasteiger partial charge on any atom is 0.251 e. The minimum Gasteiger partial charge on any atom is -0.352 e. The van der Waals surface area contributed by atoms with E-state index in [0.717, 1.165) is 49.1 Å². The highest BCUT2D eigenvalue weighted by atomic mass is 16.1. The minimum absolute atomic E-state index is 0.00293. The van der Waals surface area contributed by atoms with Crippen LogP contribution in [0.2, 0.25) is 0 Å². The number of carbonyl (C=O) groups is 1. The van der Waals surface area contributed by atoms with Crippen LogP contribution < -0.4 is 5.32 Å². The SMILES string of the molecule is CC(C)N1CCC(CNC(=O)c2ccc(-n3ncc4ccccc43)cc2)CC1. The molecular formula is C23H28N4O. The van der Waals surface area contributed by atoms with E-state index in [2.05, 4.69) is 29.2 Å². The lowest BCUT2D eigenvalue weighted by Gasteiger charge is -2.34. The zero-order valence-electron chi connectivity index (χ0n) is 16.6. The first-order chi connectivity index (χ1) is 13.6. The van der Waals surface area contributed by atoms with Gasteiger partial charge in [0, 0.05) is 23.5 Å². The Balaban J connectivity index is 1.36. The van der Waals surface area contributed by atoms with Crippen molar-refractivity contribution in [2.24, 2.45) is 5.92 Å². The number of aromatic nitrogens is 2. The van der Waals surface area contributed by atoms with E-state index in [4.69, 9.17) is 0 Å². The summed E-state index contributed by atoms with van der Waals surface area (Å²) in [7, 11) is 0. The monoisotopic (exact) mass is 376 g/mol. The first-order valence-electron chi connectivity index (χ1n) is 10.2. The van der Waals surface area contributed by atoms with Crippen molar-refractivity contribution < 1.29 is 4.79 Å². The highest BCUT2D eigenvalue weighted by Crippen LogP contribution is 2.20. The van der Waals surface area contributed by atoms with Crippen molar-refractivity contribution in [2.75, 3.05) is 19.6 Å². The molecule has 28 heavy (non-hydrogen) atoms. The van der Waals surface area contributed by atoms with Gasteiger partial charge in [0.2, 0.25) is 0 Å². The van der Waals surface area contributed by atoms with E-state index in [9.17, 15) is 4.79 Å². The van der Waals surface area contributed by atoms with Crippen molar-refractivity contribution in [3.05, 3.63) is 60.3 Å². The summed E-state index contributed by atoms with van der Waals surface area (Å²) in [5.41, 5.74) is 2.71. The van der Waals surface area contributed by atoms with Gasteiger partial charge in [-0.2, -0.15) is 5.10 Å². The van der Waals surface area contributed by atoms with Crippen LogP contribution in [0.15, 0.2) is 54.7 Å². The molecule has 4 rings (SSSR count). The van der Waals surface area contributed by atoms with Gasteiger partial charge in [-0.3, -0.25) is 4.79 Å². The van der Waals surface area contributed by atoms with Gasteiger partial charge in [0.1, 0.15) is 0 Å². The number of amides is 1. The van der Waals surface area contributed by atoms with Crippen molar-refractivity contribution >= 4 is 16.8 Å². The molecule has 1 saturated heterocycles. The zero-order valence-corrected chi connectivity index (χ0v) is 16.6. The third-order valence-electron chi connectivity index (χ3n) is 5.78. The Morgan fingerprint density at radius 2 is 1.82 bits per heavy atom. The van der Waals surface area contributed by atoms with Crippen molar-refractivity contribution in [3.8, 4) is 5.69 Å². The molecule has 1 N–H and O–H groups in total. The average molecular weight is 377 g/mol. The van der Waals surface area contributed by atoms with E-state index in [1.807, 2.05) is 59.4 Å². The topological polar surface area (TPSA) is 50.2 Å². The summed E-state index contributed by atoms with van der Waals surface area (Å²) in [6.45, 7) is 7.52. The van der Waals surface area contributed by atoms with Crippen LogP contribution in [0.4, 0.5) is 0 Å². The van der Waals surface area contributed by atoms with Gasteiger partial charge in [-0.15, -0.1) is 0 Å². The van der Waals surface area contributed by atoms with Gasteiger partial charge in [-0.05, 0) is 76.0 Å². The summed E-state index contributed by atoms with van der Waals surface area (Å²) in [4.78, 5) is 15.0. The number of hydrogen-bond acceptors (Lipinski definition) is 3. The average Bonchev–Trinajstić information content (AvgIpc) is 3.16. The molecule has 3 aromatic rings. The number of nitrogens with zero attached hydrogens (tertiary/aromatic N) is 3. The standard InChI is InChI=1S/C23H28N4O/c1-17(2)26-13-11-18(12-14-26)15-24-23(28)19-7-9-21(10-8-19)27-22-6-4-3-5-20(22)16-25-27/h3-10,16-18H,11-15H2,1-2H3,(H,24,28). The Hall–Kier alpha value is -2.66. The Morgan fingerprint density at radius 1 is 1.11 bits per heavy atom. The third-order valence-corrected chi connectivity index (χ3v) is 5.78. The summed E-state index contributed by atoms with van der Waals surface area (Å²) in [5.74, 6) is 0.580. The molecule has 2 heterocycles. The third kappa shape index (κ3) is 3.94. The minimum atomic E-state index is 0.00293. The predicted molar refractivity (Wildman–Crippen MR) is 113 cm³/mol. The normalized spacial score (nSPS) is 16.0. The number of hydrogen-bond donors (Lipinski definition) is 1. The lowest BCUT2D eigenvalue weighted by molar-refractivity contribution is 0.0929. The van der Waals surface area contributed by atoms with Crippen molar-refractivity contribution in [1.29, 1.82) is 0 Å². The van der Waals surface area contributed by atoms with Crippen LogP contribution in [-0.2, 0) is 0 Å². The van der Waals surface area contributed by atoms with E-state index in [0.29, 0.717) is 17.5 Å². The quantitative estimate of drug-likeness (QED) is 0.735. The van der Waals surface area contributed by atoms with E-state index in [1.54, 1.807) is 0 Å². The molecule has 5 nitrogen and oxygen atoms in total. The molecule has 0 unspecified atom stereocenters. The number of benzene rings is 2. The summed E-state index contributed by atoms with van der Waals surface area (Å²) in [5, 5.41) is 8.69. The Bertz CT molecular complexity index is 937. The molecule has 2 aromatic carbocycles. The van der Waals surface area contributed by atoms with Gasteiger partial charge in [0.15, 0.2) is 0 Å². The molecule has 0 saturated carbocycles. The first-order valence-corrected chi connectivity index (χ1v) is 10.2. The van der Waals surface area contributed by atoms with Crippen LogP contribution in [0.3, 0.4) is 0 Å². The summed E-state index contributed by atoms with van der Waals surface area (Å²) in [6.07, 6.45) is 4.17. The molecular weight excluding hydrogens is 348 g/mol. The van der Waals surface area contributed by atoms with Gasteiger partial charge in [0.25, 0.3) is 5.91 Å². The molecule has 0 spiro atoms.